The average Bonchev–Trinajstić information content (AvgIpc) is 3.03. The minimum atomic E-state index is 0.283. The SMILES string of the molecule is C[C@@H](NCc1ccc(-c2ccc(Cl)cc2)o1)c1ccccc1. The van der Waals surface area contributed by atoms with Crippen molar-refractivity contribution in [2.75, 3.05) is 0 Å². The Bertz CT molecular complexity index is 719. The minimum Gasteiger partial charge on any atom is -0.460 e. The molecule has 2 aromatic carbocycles. The molecule has 0 saturated heterocycles. The van der Waals surface area contributed by atoms with Crippen LogP contribution >= 0.6 is 11.6 Å². The monoisotopic (exact) mass is 311 g/mol. The van der Waals surface area contributed by atoms with Crippen molar-refractivity contribution in [2.45, 2.75) is 19.5 Å². The van der Waals surface area contributed by atoms with Gasteiger partial charge >= 0.3 is 0 Å². The van der Waals surface area contributed by atoms with Crippen LogP contribution in [0, 0.1) is 0 Å². The van der Waals surface area contributed by atoms with Crippen LogP contribution in [0.4, 0.5) is 0 Å². The lowest BCUT2D eigenvalue weighted by Gasteiger charge is -2.12. The summed E-state index contributed by atoms with van der Waals surface area (Å²) in [5, 5.41) is 4.20. The summed E-state index contributed by atoms with van der Waals surface area (Å²) in [4.78, 5) is 0. The van der Waals surface area contributed by atoms with Crippen molar-refractivity contribution in [3.8, 4) is 11.3 Å². The van der Waals surface area contributed by atoms with Crippen LogP contribution in [-0.2, 0) is 6.54 Å². The lowest BCUT2D eigenvalue weighted by atomic mass is 10.1. The normalized spacial score (nSPS) is 12.3. The molecule has 0 aliphatic heterocycles. The average molecular weight is 312 g/mol. The molecule has 0 spiro atoms. The molecule has 0 unspecified atom stereocenters. The third-order valence-electron chi connectivity index (χ3n) is 3.67. The Labute approximate surface area is 135 Å². The number of nitrogens with one attached hydrogen (secondary N) is 1. The van der Waals surface area contributed by atoms with E-state index in [9.17, 15) is 0 Å². The molecule has 22 heavy (non-hydrogen) atoms. The van der Waals surface area contributed by atoms with E-state index >= 15 is 0 Å². The summed E-state index contributed by atoms with van der Waals surface area (Å²) in [6, 6.07) is 22.3. The minimum absolute atomic E-state index is 0.283. The first-order valence-corrected chi connectivity index (χ1v) is 7.73. The van der Waals surface area contributed by atoms with E-state index in [1.165, 1.54) is 5.56 Å². The maximum atomic E-state index is 5.91. The third kappa shape index (κ3) is 3.59. The van der Waals surface area contributed by atoms with Crippen molar-refractivity contribution in [3.63, 3.8) is 0 Å². The lowest BCUT2D eigenvalue weighted by molar-refractivity contribution is 0.468. The molecule has 1 atom stereocenters. The molecule has 0 saturated carbocycles. The fraction of sp³-hybridized carbons (Fsp3) is 0.158. The lowest BCUT2D eigenvalue weighted by Crippen LogP contribution is -2.17. The van der Waals surface area contributed by atoms with Crippen molar-refractivity contribution in [1.29, 1.82) is 0 Å². The first-order chi connectivity index (χ1) is 10.7. The van der Waals surface area contributed by atoms with Crippen molar-refractivity contribution in [3.05, 3.63) is 83.1 Å². The van der Waals surface area contributed by atoms with E-state index in [-0.39, 0.29) is 6.04 Å². The van der Waals surface area contributed by atoms with Gasteiger partial charge in [0.25, 0.3) is 0 Å². The molecule has 0 aliphatic carbocycles. The Morgan fingerprint density at radius 3 is 2.41 bits per heavy atom. The molecule has 0 amide bonds. The summed E-state index contributed by atoms with van der Waals surface area (Å²) in [7, 11) is 0. The summed E-state index contributed by atoms with van der Waals surface area (Å²) in [5.74, 6) is 1.79. The predicted octanol–water partition coefficient (Wildman–Crippen LogP) is 5.45. The van der Waals surface area contributed by atoms with Crippen LogP contribution in [0.25, 0.3) is 11.3 Å². The number of hydrogen-bond donors (Lipinski definition) is 1. The van der Waals surface area contributed by atoms with Crippen LogP contribution in [0.5, 0.6) is 0 Å². The first kappa shape index (κ1) is 14.9. The molecule has 0 radical (unpaired) electrons. The van der Waals surface area contributed by atoms with E-state index in [2.05, 4.69) is 36.5 Å². The molecule has 112 valence electrons. The van der Waals surface area contributed by atoms with Gasteiger partial charge in [0.15, 0.2) is 0 Å². The van der Waals surface area contributed by atoms with Crippen LogP contribution in [0.2, 0.25) is 5.02 Å². The van der Waals surface area contributed by atoms with E-state index < -0.39 is 0 Å². The van der Waals surface area contributed by atoms with Gasteiger partial charge in [-0.05, 0) is 48.9 Å². The molecule has 3 rings (SSSR count). The third-order valence-corrected chi connectivity index (χ3v) is 3.92. The highest BCUT2D eigenvalue weighted by Gasteiger charge is 2.08. The predicted molar refractivity (Wildman–Crippen MR) is 90.9 cm³/mol. The molecule has 1 N–H and O–H groups in total. The first-order valence-electron chi connectivity index (χ1n) is 7.35. The summed E-state index contributed by atoms with van der Waals surface area (Å²) in [6.45, 7) is 2.85. The maximum Gasteiger partial charge on any atom is 0.134 e. The summed E-state index contributed by atoms with van der Waals surface area (Å²) >= 11 is 5.91. The molecular formula is C19H18ClNO. The number of rotatable bonds is 5. The van der Waals surface area contributed by atoms with E-state index in [0.717, 1.165) is 22.1 Å². The fourth-order valence-corrected chi connectivity index (χ4v) is 2.48. The van der Waals surface area contributed by atoms with Crippen molar-refractivity contribution >= 4 is 11.6 Å². The molecule has 0 bridgehead atoms. The van der Waals surface area contributed by atoms with Crippen molar-refractivity contribution in [1.82, 2.24) is 5.32 Å². The van der Waals surface area contributed by atoms with Crippen molar-refractivity contribution in [2.24, 2.45) is 0 Å². The van der Waals surface area contributed by atoms with E-state index in [1.54, 1.807) is 0 Å². The highest BCUT2D eigenvalue weighted by molar-refractivity contribution is 6.30. The van der Waals surface area contributed by atoms with E-state index in [1.807, 2.05) is 42.5 Å². The van der Waals surface area contributed by atoms with E-state index in [4.69, 9.17) is 16.0 Å². The molecule has 1 heterocycles. The molecule has 0 fully saturated rings. The quantitative estimate of drug-likeness (QED) is 0.677. The molecule has 2 nitrogen and oxygen atoms in total. The zero-order valence-corrected chi connectivity index (χ0v) is 13.2. The second-order valence-corrected chi connectivity index (χ2v) is 5.72. The Kier molecular flexibility index (Phi) is 4.62. The second kappa shape index (κ2) is 6.82. The van der Waals surface area contributed by atoms with Gasteiger partial charge in [0.05, 0.1) is 6.54 Å². The second-order valence-electron chi connectivity index (χ2n) is 5.29. The van der Waals surface area contributed by atoms with Crippen molar-refractivity contribution < 1.29 is 4.42 Å². The number of benzene rings is 2. The Balaban J connectivity index is 1.63. The zero-order valence-electron chi connectivity index (χ0n) is 12.4. The Hall–Kier alpha value is -2.03. The molecule has 0 aliphatic rings. The van der Waals surface area contributed by atoms with Gasteiger partial charge in [-0.25, -0.2) is 0 Å². The number of furan rings is 1. The van der Waals surface area contributed by atoms with Gasteiger partial charge in [0, 0.05) is 16.6 Å². The highest BCUT2D eigenvalue weighted by Crippen LogP contribution is 2.24. The zero-order chi connectivity index (χ0) is 15.4. The largest absolute Gasteiger partial charge is 0.460 e. The van der Waals surface area contributed by atoms with Gasteiger partial charge < -0.3 is 9.73 Å². The standard InChI is InChI=1S/C19H18ClNO/c1-14(15-5-3-2-4-6-15)21-13-18-11-12-19(22-18)16-7-9-17(20)10-8-16/h2-12,14,21H,13H2,1H3/t14-/m1/s1. The molecule has 1 aromatic heterocycles. The smallest absolute Gasteiger partial charge is 0.134 e. The molecular weight excluding hydrogens is 294 g/mol. The summed E-state index contributed by atoms with van der Waals surface area (Å²) in [5.41, 5.74) is 2.30. The molecule has 3 heteroatoms. The van der Waals surface area contributed by atoms with Crippen LogP contribution in [0.1, 0.15) is 24.3 Å². The van der Waals surface area contributed by atoms with Crippen LogP contribution < -0.4 is 5.32 Å². The summed E-state index contributed by atoms with van der Waals surface area (Å²) < 4.78 is 5.89. The Morgan fingerprint density at radius 1 is 0.955 bits per heavy atom. The summed E-state index contributed by atoms with van der Waals surface area (Å²) in [6.07, 6.45) is 0. The fourth-order valence-electron chi connectivity index (χ4n) is 2.36. The van der Waals surface area contributed by atoms with Crippen LogP contribution in [0.15, 0.2) is 71.1 Å². The molecule has 3 aromatic rings. The number of halogens is 1. The van der Waals surface area contributed by atoms with Crippen LogP contribution in [0.3, 0.4) is 0 Å². The van der Waals surface area contributed by atoms with Gasteiger partial charge in [-0.15, -0.1) is 0 Å². The van der Waals surface area contributed by atoms with E-state index in [0.29, 0.717) is 6.54 Å². The Morgan fingerprint density at radius 2 is 1.68 bits per heavy atom. The van der Waals surface area contributed by atoms with Gasteiger partial charge in [-0.2, -0.15) is 0 Å². The topological polar surface area (TPSA) is 25.2 Å². The maximum absolute atomic E-state index is 5.91. The van der Waals surface area contributed by atoms with Gasteiger partial charge in [0.2, 0.25) is 0 Å². The highest BCUT2D eigenvalue weighted by atomic mass is 35.5. The van der Waals surface area contributed by atoms with Gasteiger partial charge in [-0.3, -0.25) is 0 Å². The van der Waals surface area contributed by atoms with Gasteiger partial charge in [0.1, 0.15) is 11.5 Å². The number of hydrogen-bond acceptors (Lipinski definition) is 2. The van der Waals surface area contributed by atoms with Gasteiger partial charge in [-0.1, -0.05) is 41.9 Å². The van der Waals surface area contributed by atoms with Crippen LogP contribution in [-0.4, -0.2) is 0 Å².